The Morgan fingerprint density at radius 3 is 2.17 bits per heavy atom. The molecule has 6 nitrogen and oxygen atoms in total. The zero-order valence-corrected chi connectivity index (χ0v) is 15.3. The molecule has 1 aliphatic rings. The molecule has 0 aliphatic carbocycles. The van der Waals surface area contributed by atoms with Crippen LogP contribution in [0.5, 0.6) is 0 Å². The van der Waals surface area contributed by atoms with Crippen molar-refractivity contribution in [2.24, 2.45) is 0 Å². The number of piperidine rings is 1. The van der Waals surface area contributed by atoms with Gasteiger partial charge in [0.2, 0.25) is 0 Å². The van der Waals surface area contributed by atoms with Crippen LogP contribution in [0, 0.1) is 0 Å². The molecule has 0 aromatic carbocycles. The van der Waals surface area contributed by atoms with Gasteiger partial charge in [-0.15, -0.1) is 0 Å². The van der Waals surface area contributed by atoms with Crippen LogP contribution in [-0.4, -0.2) is 54.0 Å². The van der Waals surface area contributed by atoms with Crippen molar-refractivity contribution in [2.45, 2.75) is 78.1 Å². The van der Waals surface area contributed by atoms with Crippen LogP contribution in [-0.2, 0) is 19.0 Å². The average Bonchev–Trinajstić information content (AvgIpc) is 2.43. The van der Waals surface area contributed by atoms with Crippen LogP contribution in [0.3, 0.4) is 0 Å². The predicted molar refractivity (Wildman–Crippen MR) is 87.2 cm³/mol. The minimum Gasteiger partial charge on any atom is -0.461 e. The smallest absolute Gasteiger partial charge is 0.410 e. The average molecular weight is 329 g/mol. The van der Waals surface area contributed by atoms with E-state index >= 15 is 0 Å². The van der Waals surface area contributed by atoms with Gasteiger partial charge in [-0.2, -0.15) is 0 Å². The molecule has 0 atom stereocenters. The van der Waals surface area contributed by atoms with E-state index in [4.69, 9.17) is 14.2 Å². The molecule has 6 heteroatoms. The summed E-state index contributed by atoms with van der Waals surface area (Å²) in [6.07, 6.45) is 1.75. The fourth-order valence-electron chi connectivity index (χ4n) is 2.53. The van der Waals surface area contributed by atoms with Crippen LogP contribution in [0.2, 0.25) is 0 Å². The molecule has 1 saturated heterocycles. The second-order valence-electron chi connectivity index (χ2n) is 7.33. The highest BCUT2D eigenvalue weighted by atomic mass is 16.6. The van der Waals surface area contributed by atoms with E-state index in [9.17, 15) is 9.59 Å². The molecule has 1 rings (SSSR count). The largest absolute Gasteiger partial charge is 0.461 e. The van der Waals surface area contributed by atoms with Gasteiger partial charge in [0.25, 0.3) is 0 Å². The van der Waals surface area contributed by atoms with Gasteiger partial charge in [-0.25, -0.2) is 9.59 Å². The van der Waals surface area contributed by atoms with Crippen molar-refractivity contribution in [1.82, 2.24) is 4.90 Å². The molecule has 0 aromatic rings. The van der Waals surface area contributed by atoms with Gasteiger partial charge in [-0.3, -0.25) is 0 Å². The lowest BCUT2D eigenvalue weighted by Gasteiger charge is -2.41. The SMILES string of the molecule is CCC1(OCC(=O)OC(C)C)CCN(C(=O)OC(C)(C)C)CC1. The van der Waals surface area contributed by atoms with Gasteiger partial charge in [0.15, 0.2) is 0 Å². The maximum atomic E-state index is 12.1. The Balaban J connectivity index is 2.50. The van der Waals surface area contributed by atoms with Crippen molar-refractivity contribution >= 4 is 12.1 Å². The third kappa shape index (κ3) is 6.77. The minimum absolute atomic E-state index is 0.0432. The monoisotopic (exact) mass is 329 g/mol. The molecule has 0 bridgehead atoms. The first-order valence-corrected chi connectivity index (χ1v) is 8.38. The standard InChI is InChI=1S/C17H31NO5/c1-7-17(21-12-14(19)22-13(2)3)8-10-18(11-9-17)15(20)23-16(4,5)6/h13H,7-12H2,1-6H3. The summed E-state index contributed by atoms with van der Waals surface area (Å²) < 4.78 is 16.3. The molecule has 1 amide bonds. The van der Waals surface area contributed by atoms with Crippen molar-refractivity contribution in [3.63, 3.8) is 0 Å². The summed E-state index contributed by atoms with van der Waals surface area (Å²) in [7, 11) is 0. The predicted octanol–water partition coefficient (Wildman–Crippen LogP) is 3.13. The molecule has 0 aromatic heterocycles. The van der Waals surface area contributed by atoms with E-state index in [0.717, 1.165) is 6.42 Å². The molecule has 1 aliphatic heterocycles. The maximum absolute atomic E-state index is 12.1. The highest BCUT2D eigenvalue weighted by Gasteiger charge is 2.37. The number of carbonyl (C=O) groups excluding carboxylic acids is 2. The van der Waals surface area contributed by atoms with E-state index in [1.54, 1.807) is 4.90 Å². The Morgan fingerprint density at radius 1 is 1.17 bits per heavy atom. The number of nitrogens with zero attached hydrogens (tertiary/aromatic N) is 1. The highest BCUT2D eigenvalue weighted by molar-refractivity contribution is 5.71. The molecular formula is C17H31NO5. The normalized spacial score (nSPS) is 18.0. The third-order valence-electron chi connectivity index (χ3n) is 3.83. The molecule has 0 N–H and O–H groups in total. The number of hydrogen-bond donors (Lipinski definition) is 0. The van der Waals surface area contributed by atoms with Crippen molar-refractivity contribution in [3.05, 3.63) is 0 Å². The first kappa shape index (κ1) is 19.7. The zero-order valence-electron chi connectivity index (χ0n) is 15.3. The van der Waals surface area contributed by atoms with E-state index in [2.05, 4.69) is 0 Å². The Labute approximate surface area is 139 Å². The van der Waals surface area contributed by atoms with E-state index in [0.29, 0.717) is 25.9 Å². The molecule has 0 saturated carbocycles. The number of rotatable bonds is 5. The molecular weight excluding hydrogens is 298 g/mol. The van der Waals surface area contributed by atoms with Crippen LogP contribution >= 0.6 is 0 Å². The summed E-state index contributed by atoms with van der Waals surface area (Å²) in [5, 5.41) is 0. The molecule has 134 valence electrons. The first-order valence-electron chi connectivity index (χ1n) is 8.38. The molecule has 0 unspecified atom stereocenters. The molecule has 0 radical (unpaired) electrons. The second-order valence-corrected chi connectivity index (χ2v) is 7.33. The summed E-state index contributed by atoms with van der Waals surface area (Å²) in [6.45, 7) is 12.3. The van der Waals surface area contributed by atoms with Crippen LogP contribution < -0.4 is 0 Å². The Morgan fingerprint density at radius 2 is 1.74 bits per heavy atom. The number of amides is 1. The van der Waals surface area contributed by atoms with Crippen molar-refractivity contribution in [3.8, 4) is 0 Å². The fourth-order valence-corrected chi connectivity index (χ4v) is 2.53. The second kappa shape index (κ2) is 7.99. The maximum Gasteiger partial charge on any atom is 0.410 e. The van der Waals surface area contributed by atoms with Crippen LogP contribution in [0.4, 0.5) is 4.79 Å². The first-order chi connectivity index (χ1) is 10.6. The highest BCUT2D eigenvalue weighted by Crippen LogP contribution is 2.30. The number of hydrogen-bond acceptors (Lipinski definition) is 5. The Bertz CT molecular complexity index is 406. The molecule has 23 heavy (non-hydrogen) atoms. The minimum atomic E-state index is -0.493. The Hall–Kier alpha value is -1.30. The Kier molecular flexibility index (Phi) is 6.86. The molecule has 1 fully saturated rings. The zero-order chi connectivity index (χ0) is 17.7. The van der Waals surface area contributed by atoms with E-state index in [1.165, 1.54) is 0 Å². The van der Waals surface area contributed by atoms with Gasteiger partial charge in [0.05, 0.1) is 11.7 Å². The van der Waals surface area contributed by atoms with Gasteiger partial charge in [0, 0.05) is 13.1 Å². The van der Waals surface area contributed by atoms with Gasteiger partial charge < -0.3 is 19.1 Å². The topological polar surface area (TPSA) is 65.1 Å². The summed E-state index contributed by atoms with van der Waals surface area (Å²) in [5.74, 6) is -0.345. The van der Waals surface area contributed by atoms with Gasteiger partial charge in [-0.1, -0.05) is 6.92 Å². The van der Waals surface area contributed by atoms with Gasteiger partial charge >= 0.3 is 12.1 Å². The third-order valence-corrected chi connectivity index (χ3v) is 3.83. The van der Waals surface area contributed by atoms with Crippen LogP contribution in [0.15, 0.2) is 0 Å². The van der Waals surface area contributed by atoms with Crippen molar-refractivity contribution in [1.29, 1.82) is 0 Å². The van der Waals surface area contributed by atoms with Crippen molar-refractivity contribution in [2.75, 3.05) is 19.7 Å². The lowest BCUT2D eigenvalue weighted by molar-refractivity contribution is -0.163. The summed E-state index contributed by atoms with van der Waals surface area (Å²) in [4.78, 5) is 25.4. The van der Waals surface area contributed by atoms with E-state index in [-0.39, 0.29) is 30.4 Å². The summed E-state index contributed by atoms with van der Waals surface area (Å²) in [5.41, 5.74) is -0.859. The molecule has 0 spiro atoms. The molecule has 1 heterocycles. The van der Waals surface area contributed by atoms with E-state index < -0.39 is 5.60 Å². The van der Waals surface area contributed by atoms with Crippen molar-refractivity contribution < 1.29 is 23.8 Å². The lowest BCUT2D eigenvalue weighted by atomic mass is 9.88. The fraction of sp³-hybridized carbons (Fsp3) is 0.882. The summed E-state index contributed by atoms with van der Waals surface area (Å²) >= 11 is 0. The lowest BCUT2D eigenvalue weighted by Crippen LogP contribution is -2.49. The number of ether oxygens (including phenoxy) is 3. The van der Waals surface area contributed by atoms with Gasteiger partial charge in [0.1, 0.15) is 12.2 Å². The number of likely N-dealkylation sites (tertiary alicyclic amines) is 1. The van der Waals surface area contributed by atoms with Crippen LogP contribution in [0.25, 0.3) is 0 Å². The summed E-state index contributed by atoms with van der Waals surface area (Å²) in [6, 6.07) is 0. The quantitative estimate of drug-likeness (QED) is 0.725. The number of esters is 1. The van der Waals surface area contributed by atoms with Gasteiger partial charge in [-0.05, 0) is 53.9 Å². The number of carbonyl (C=O) groups is 2. The van der Waals surface area contributed by atoms with Crippen LogP contribution in [0.1, 0.15) is 60.8 Å². The van der Waals surface area contributed by atoms with E-state index in [1.807, 2.05) is 41.5 Å².